The zero-order valence-corrected chi connectivity index (χ0v) is 28.4. The second-order valence-corrected chi connectivity index (χ2v) is 12.4. The Labute approximate surface area is 299 Å². The molecule has 1 saturated carbocycles. The molecule has 0 saturated heterocycles. The minimum absolute atomic E-state index is 0.0442. The third kappa shape index (κ3) is 9.38. The number of benzene rings is 4. The molecule has 0 aliphatic heterocycles. The number of rotatable bonds is 14. The van der Waals surface area contributed by atoms with Crippen LogP contribution in [0.4, 0.5) is 18.9 Å². The summed E-state index contributed by atoms with van der Waals surface area (Å²) in [6.07, 6.45) is 1.36. The molecule has 1 aliphatic rings. The van der Waals surface area contributed by atoms with Crippen LogP contribution >= 0.6 is 0 Å². The molecule has 0 radical (unpaired) electrons. The molecule has 5 aromatic rings. The number of alkyl halides is 3. The van der Waals surface area contributed by atoms with E-state index in [4.69, 9.17) is 18.9 Å². The van der Waals surface area contributed by atoms with Crippen molar-refractivity contribution in [2.75, 3.05) is 19.0 Å². The van der Waals surface area contributed by atoms with Gasteiger partial charge in [-0.3, -0.25) is 14.6 Å². The van der Waals surface area contributed by atoms with Crippen LogP contribution < -0.4 is 24.8 Å². The van der Waals surface area contributed by atoms with E-state index in [0.717, 1.165) is 55.5 Å². The van der Waals surface area contributed by atoms with Crippen LogP contribution in [-0.2, 0) is 22.3 Å². The van der Waals surface area contributed by atoms with Crippen LogP contribution in [0.2, 0.25) is 0 Å². The average molecular weight is 714 g/mol. The Morgan fingerprint density at radius 3 is 2.31 bits per heavy atom. The van der Waals surface area contributed by atoms with E-state index < -0.39 is 23.7 Å². The molecule has 1 aliphatic carbocycles. The third-order valence-corrected chi connectivity index (χ3v) is 8.73. The van der Waals surface area contributed by atoms with Gasteiger partial charge in [0.25, 0.3) is 5.91 Å². The molecule has 1 atom stereocenters. The Morgan fingerprint density at radius 1 is 0.885 bits per heavy atom. The summed E-state index contributed by atoms with van der Waals surface area (Å²) in [5.41, 5.74) is 1.35. The van der Waals surface area contributed by atoms with E-state index in [0.29, 0.717) is 52.6 Å². The predicted molar refractivity (Wildman–Crippen MR) is 190 cm³/mol. The number of carbonyl (C=O) groups is 2. The van der Waals surface area contributed by atoms with E-state index in [1.54, 1.807) is 48.7 Å². The van der Waals surface area contributed by atoms with Crippen molar-refractivity contribution < 1.29 is 41.7 Å². The Kier molecular flexibility index (Phi) is 11.5. The fourth-order valence-corrected chi connectivity index (χ4v) is 5.92. The fraction of sp³-hybridized carbons (Fsp3) is 0.275. The maximum atomic E-state index is 13.2. The molecular weight excluding hydrogens is 675 g/mol. The number of ether oxygens (including phenoxy) is 4. The van der Waals surface area contributed by atoms with Gasteiger partial charge < -0.3 is 29.6 Å². The Hall–Kier alpha value is -5.62. The first-order chi connectivity index (χ1) is 25.2. The molecule has 12 heteroatoms. The van der Waals surface area contributed by atoms with E-state index in [1.807, 2.05) is 30.3 Å². The molecule has 1 heterocycles. The molecule has 2 N–H and O–H groups in total. The second kappa shape index (κ2) is 16.6. The summed E-state index contributed by atoms with van der Waals surface area (Å²) >= 11 is 0. The van der Waals surface area contributed by atoms with Gasteiger partial charge in [-0.1, -0.05) is 30.3 Å². The van der Waals surface area contributed by atoms with E-state index >= 15 is 0 Å². The van der Waals surface area contributed by atoms with Crippen LogP contribution in [-0.4, -0.2) is 42.7 Å². The van der Waals surface area contributed by atoms with Crippen LogP contribution in [0.5, 0.6) is 23.0 Å². The highest BCUT2D eigenvalue weighted by Crippen LogP contribution is 2.37. The van der Waals surface area contributed by atoms with Crippen molar-refractivity contribution >= 4 is 28.5 Å². The van der Waals surface area contributed by atoms with Gasteiger partial charge >= 0.3 is 12.1 Å². The zero-order valence-electron chi connectivity index (χ0n) is 28.4. The van der Waals surface area contributed by atoms with E-state index in [9.17, 15) is 22.8 Å². The van der Waals surface area contributed by atoms with Gasteiger partial charge in [0, 0.05) is 41.9 Å². The lowest BCUT2D eigenvalue weighted by atomic mass is 10.1. The number of halogens is 3. The van der Waals surface area contributed by atoms with E-state index in [1.165, 1.54) is 7.11 Å². The highest BCUT2D eigenvalue weighted by atomic mass is 19.4. The summed E-state index contributed by atoms with van der Waals surface area (Å²) in [6, 6.07) is 25.1. The van der Waals surface area contributed by atoms with Crippen molar-refractivity contribution in [3.8, 4) is 23.0 Å². The van der Waals surface area contributed by atoms with Crippen molar-refractivity contribution in [3.05, 3.63) is 120 Å². The molecular formula is C40H38F3N3O6. The molecule has 270 valence electrons. The maximum Gasteiger partial charge on any atom is 0.416 e. The maximum absolute atomic E-state index is 13.2. The van der Waals surface area contributed by atoms with Crippen LogP contribution in [0.3, 0.4) is 0 Å². The summed E-state index contributed by atoms with van der Waals surface area (Å²) in [4.78, 5) is 30.2. The van der Waals surface area contributed by atoms with Crippen molar-refractivity contribution in [1.82, 2.24) is 10.3 Å². The summed E-state index contributed by atoms with van der Waals surface area (Å²) < 4.78 is 62.4. The van der Waals surface area contributed by atoms with Crippen LogP contribution in [0, 0.1) is 0 Å². The standard InChI is InChI=1S/C40H38F3N3O6/c1-49-36-23-32-34(24-37(36)50-22-20-33(39(48)52-30-9-5-6-10-30)45-25-26-7-3-2-4-8-26)44-21-19-35(32)51-31-17-15-29(16-18-31)46-38(47)27-11-13-28(14-12-27)40(41,42)43/h2-4,7-8,11-19,21,23-24,30,33,45H,5-6,9-10,20,22,25H2,1H3,(H,46,47). The van der Waals surface area contributed by atoms with Gasteiger partial charge in [-0.2, -0.15) is 13.2 Å². The first-order valence-corrected chi connectivity index (χ1v) is 17.0. The number of pyridine rings is 1. The molecule has 1 aromatic heterocycles. The molecule has 6 rings (SSSR count). The van der Waals surface area contributed by atoms with Crippen molar-refractivity contribution in [2.24, 2.45) is 0 Å². The van der Waals surface area contributed by atoms with Gasteiger partial charge in [0.05, 0.1) is 24.8 Å². The molecule has 0 bridgehead atoms. The van der Waals surface area contributed by atoms with Crippen molar-refractivity contribution in [1.29, 1.82) is 0 Å². The zero-order chi connectivity index (χ0) is 36.5. The van der Waals surface area contributed by atoms with Crippen molar-refractivity contribution in [3.63, 3.8) is 0 Å². The minimum atomic E-state index is -4.48. The SMILES string of the molecule is COc1cc2c(Oc3ccc(NC(=O)c4ccc(C(F)(F)F)cc4)cc3)ccnc2cc1OCCC(NCc1ccccc1)C(=O)OC1CCCC1. The van der Waals surface area contributed by atoms with Gasteiger partial charge in [0.15, 0.2) is 11.5 Å². The fourth-order valence-electron chi connectivity index (χ4n) is 5.92. The highest BCUT2D eigenvalue weighted by Gasteiger charge is 2.30. The second-order valence-electron chi connectivity index (χ2n) is 12.4. The predicted octanol–water partition coefficient (Wildman–Crippen LogP) is 8.72. The van der Waals surface area contributed by atoms with Gasteiger partial charge in [0.2, 0.25) is 0 Å². The normalized spacial score (nSPS) is 13.8. The van der Waals surface area contributed by atoms with Crippen LogP contribution in [0.15, 0.2) is 103 Å². The van der Waals surface area contributed by atoms with Gasteiger partial charge in [-0.05, 0) is 91.9 Å². The highest BCUT2D eigenvalue weighted by molar-refractivity contribution is 6.04. The van der Waals surface area contributed by atoms with Crippen LogP contribution in [0.25, 0.3) is 10.9 Å². The first-order valence-electron chi connectivity index (χ1n) is 17.0. The summed E-state index contributed by atoms with van der Waals surface area (Å²) in [7, 11) is 1.53. The lowest BCUT2D eigenvalue weighted by Crippen LogP contribution is -2.40. The lowest BCUT2D eigenvalue weighted by Gasteiger charge is -2.21. The van der Waals surface area contributed by atoms with E-state index in [-0.39, 0.29) is 24.2 Å². The number of hydrogen-bond acceptors (Lipinski definition) is 8. The molecule has 52 heavy (non-hydrogen) atoms. The molecule has 1 unspecified atom stereocenters. The average Bonchev–Trinajstić information content (AvgIpc) is 3.66. The summed E-state index contributed by atoms with van der Waals surface area (Å²) in [6.45, 7) is 0.726. The van der Waals surface area contributed by atoms with Crippen molar-refractivity contribution in [2.45, 2.75) is 57.0 Å². The molecule has 0 spiro atoms. The number of amides is 1. The van der Waals surface area contributed by atoms with Crippen LogP contribution in [0.1, 0.15) is 53.6 Å². The Morgan fingerprint density at radius 2 is 1.62 bits per heavy atom. The topological polar surface area (TPSA) is 108 Å². The summed E-state index contributed by atoms with van der Waals surface area (Å²) in [5.74, 6) is 1.05. The Balaban J connectivity index is 1.09. The quantitative estimate of drug-likeness (QED) is 0.110. The Bertz CT molecular complexity index is 1970. The first kappa shape index (κ1) is 36.2. The number of carbonyl (C=O) groups excluding carboxylic acids is 2. The third-order valence-electron chi connectivity index (χ3n) is 8.73. The number of nitrogens with zero attached hydrogens (tertiary/aromatic N) is 1. The number of aromatic nitrogens is 1. The molecule has 9 nitrogen and oxygen atoms in total. The molecule has 4 aromatic carbocycles. The van der Waals surface area contributed by atoms with Gasteiger partial charge in [0.1, 0.15) is 23.6 Å². The minimum Gasteiger partial charge on any atom is -0.493 e. The van der Waals surface area contributed by atoms with Gasteiger partial charge in [-0.15, -0.1) is 0 Å². The van der Waals surface area contributed by atoms with Gasteiger partial charge in [-0.25, -0.2) is 0 Å². The van der Waals surface area contributed by atoms with E-state index in [2.05, 4.69) is 15.6 Å². The monoisotopic (exact) mass is 713 g/mol. The number of hydrogen-bond donors (Lipinski definition) is 2. The number of anilines is 1. The largest absolute Gasteiger partial charge is 0.493 e. The summed E-state index contributed by atoms with van der Waals surface area (Å²) in [5, 5.41) is 6.68. The number of nitrogens with one attached hydrogen (secondary N) is 2. The number of methoxy groups -OCH3 is 1. The number of esters is 1. The smallest absolute Gasteiger partial charge is 0.416 e. The lowest BCUT2D eigenvalue weighted by molar-refractivity contribution is -0.151. The molecule has 1 amide bonds. The molecule has 1 fully saturated rings. The number of fused-ring (bicyclic) bond motifs is 1.